The van der Waals surface area contributed by atoms with Crippen LogP contribution in [0.25, 0.3) is 0 Å². The number of nitrogens with one attached hydrogen (secondary N) is 1. The minimum atomic E-state index is -0.775. The second kappa shape index (κ2) is 6.04. The lowest BCUT2D eigenvalue weighted by Gasteiger charge is -2.23. The maximum absolute atomic E-state index is 11.8. The van der Waals surface area contributed by atoms with Gasteiger partial charge in [0.15, 0.2) is 0 Å². The normalized spacial score (nSPS) is 30.8. The summed E-state index contributed by atoms with van der Waals surface area (Å²) < 4.78 is 0. The molecular formula is C11H20N2O3S. The van der Waals surface area contributed by atoms with Gasteiger partial charge in [0.25, 0.3) is 0 Å². The predicted octanol–water partition coefficient (Wildman–Crippen LogP) is -0.964. The number of amides is 1. The molecule has 2 rings (SSSR count). The van der Waals surface area contributed by atoms with Crippen LogP contribution in [-0.2, 0) is 4.79 Å². The van der Waals surface area contributed by atoms with E-state index >= 15 is 0 Å². The maximum Gasteiger partial charge on any atom is 0.232 e. The number of carbonyl (C=O) groups is 1. The molecule has 0 unspecified atom stereocenters. The van der Waals surface area contributed by atoms with Crippen LogP contribution < -0.4 is 5.32 Å². The highest BCUT2D eigenvalue weighted by Gasteiger charge is 2.32. The van der Waals surface area contributed by atoms with Gasteiger partial charge in [-0.2, -0.15) is 0 Å². The molecule has 6 heteroatoms. The van der Waals surface area contributed by atoms with Crippen molar-refractivity contribution in [2.24, 2.45) is 0 Å². The molecule has 17 heavy (non-hydrogen) atoms. The average Bonchev–Trinajstić information content (AvgIpc) is 2.68. The van der Waals surface area contributed by atoms with Crippen molar-refractivity contribution in [3.63, 3.8) is 0 Å². The molecule has 2 aliphatic heterocycles. The Hall–Kier alpha value is -0.300. The van der Waals surface area contributed by atoms with Gasteiger partial charge in [-0.1, -0.05) is 0 Å². The van der Waals surface area contributed by atoms with Crippen molar-refractivity contribution in [1.82, 2.24) is 10.2 Å². The maximum atomic E-state index is 11.8. The summed E-state index contributed by atoms with van der Waals surface area (Å²) in [6.45, 7) is 2.61. The van der Waals surface area contributed by atoms with E-state index in [1.807, 2.05) is 0 Å². The fraction of sp³-hybridized carbons (Fsp3) is 0.909. The molecule has 98 valence electrons. The molecule has 0 aliphatic carbocycles. The Morgan fingerprint density at radius 1 is 1.24 bits per heavy atom. The molecule has 5 nitrogen and oxygen atoms in total. The zero-order valence-corrected chi connectivity index (χ0v) is 10.7. The van der Waals surface area contributed by atoms with Crippen LogP contribution in [0.4, 0.5) is 0 Å². The van der Waals surface area contributed by atoms with Crippen molar-refractivity contribution in [2.45, 2.75) is 30.3 Å². The van der Waals surface area contributed by atoms with Gasteiger partial charge in [-0.05, 0) is 25.9 Å². The number of hydrogen-bond donors (Lipinski definition) is 3. The van der Waals surface area contributed by atoms with Crippen LogP contribution in [0.2, 0.25) is 0 Å². The molecular weight excluding hydrogens is 240 g/mol. The Labute approximate surface area is 106 Å². The summed E-state index contributed by atoms with van der Waals surface area (Å²) in [6.07, 6.45) is 0.678. The highest BCUT2D eigenvalue weighted by molar-refractivity contribution is 8.00. The first-order valence-corrected chi connectivity index (χ1v) is 7.18. The molecule has 2 fully saturated rings. The number of aliphatic hydroxyl groups excluding tert-OH is 2. The number of thioether (sulfide) groups is 1. The number of nitrogens with zero attached hydrogens (tertiary/aromatic N) is 1. The first-order chi connectivity index (χ1) is 8.16. The monoisotopic (exact) mass is 260 g/mol. The number of piperidine rings is 1. The number of likely N-dealkylation sites (tertiary alicyclic amines) is 1. The summed E-state index contributed by atoms with van der Waals surface area (Å²) in [5.74, 6) is 0.494. The van der Waals surface area contributed by atoms with Crippen LogP contribution in [-0.4, -0.2) is 70.4 Å². The van der Waals surface area contributed by atoms with E-state index in [0.29, 0.717) is 11.0 Å². The highest BCUT2D eigenvalue weighted by Crippen LogP contribution is 2.21. The van der Waals surface area contributed by atoms with Crippen LogP contribution >= 0.6 is 11.8 Å². The molecule has 0 aromatic rings. The third-order valence-electron chi connectivity index (χ3n) is 3.34. The van der Waals surface area contributed by atoms with Crippen LogP contribution in [0.5, 0.6) is 0 Å². The molecule has 0 radical (unpaired) electrons. The number of rotatable bonds is 3. The molecule has 1 amide bonds. The van der Waals surface area contributed by atoms with Crippen LogP contribution in [0, 0.1) is 0 Å². The first-order valence-electron chi connectivity index (χ1n) is 6.13. The highest BCUT2D eigenvalue weighted by atomic mass is 32.2. The Morgan fingerprint density at radius 2 is 1.82 bits per heavy atom. The van der Waals surface area contributed by atoms with Gasteiger partial charge in [0, 0.05) is 18.3 Å². The van der Waals surface area contributed by atoms with Gasteiger partial charge < -0.3 is 20.4 Å². The van der Waals surface area contributed by atoms with Gasteiger partial charge in [-0.25, -0.2) is 0 Å². The molecule has 0 saturated carbocycles. The lowest BCUT2D eigenvalue weighted by molar-refractivity contribution is -0.127. The van der Waals surface area contributed by atoms with Gasteiger partial charge in [0.1, 0.15) is 0 Å². The van der Waals surface area contributed by atoms with Crippen molar-refractivity contribution in [1.29, 1.82) is 0 Å². The van der Waals surface area contributed by atoms with E-state index in [2.05, 4.69) is 5.32 Å². The molecule has 3 N–H and O–H groups in total. The van der Waals surface area contributed by atoms with E-state index in [9.17, 15) is 15.0 Å². The average molecular weight is 260 g/mol. The Balaban J connectivity index is 1.70. The molecule has 2 heterocycles. The second-order valence-corrected chi connectivity index (χ2v) is 5.98. The predicted molar refractivity (Wildman–Crippen MR) is 66.9 cm³/mol. The van der Waals surface area contributed by atoms with Crippen molar-refractivity contribution < 1.29 is 15.0 Å². The Bertz CT molecular complexity index is 261. The standard InChI is InChI=1S/C11H20N2O3S/c14-9-5-13(6-10(9)15)11(16)7-17-8-1-3-12-4-2-8/h8-10,12,14-15H,1-7H2/t9-,10+. The zero-order chi connectivity index (χ0) is 12.3. The zero-order valence-electron chi connectivity index (χ0n) is 9.84. The molecule has 0 aromatic heterocycles. The van der Waals surface area contributed by atoms with Gasteiger partial charge in [-0.3, -0.25) is 4.79 Å². The van der Waals surface area contributed by atoms with Crippen molar-refractivity contribution in [3.8, 4) is 0 Å². The van der Waals surface area contributed by atoms with E-state index in [4.69, 9.17) is 0 Å². The quantitative estimate of drug-likeness (QED) is 0.609. The fourth-order valence-electron chi connectivity index (χ4n) is 2.22. The van der Waals surface area contributed by atoms with Gasteiger partial charge in [-0.15, -0.1) is 11.8 Å². The molecule has 2 aliphatic rings. The summed E-state index contributed by atoms with van der Waals surface area (Å²) in [6, 6.07) is 0. The number of aliphatic hydroxyl groups is 2. The van der Waals surface area contributed by atoms with Gasteiger partial charge >= 0.3 is 0 Å². The largest absolute Gasteiger partial charge is 0.388 e. The minimum Gasteiger partial charge on any atom is -0.388 e. The van der Waals surface area contributed by atoms with E-state index in [1.54, 1.807) is 16.7 Å². The number of β-amino-alcohol motifs (C(OH)–C–C–N with tert-alkyl or cyclic N) is 2. The van der Waals surface area contributed by atoms with E-state index in [0.717, 1.165) is 25.9 Å². The molecule has 0 bridgehead atoms. The Morgan fingerprint density at radius 3 is 2.41 bits per heavy atom. The lowest BCUT2D eigenvalue weighted by atomic mass is 10.2. The van der Waals surface area contributed by atoms with Crippen molar-refractivity contribution in [3.05, 3.63) is 0 Å². The molecule has 0 spiro atoms. The van der Waals surface area contributed by atoms with Crippen LogP contribution in [0.15, 0.2) is 0 Å². The fourth-order valence-corrected chi connectivity index (χ4v) is 3.35. The van der Waals surface area contributed by atoms with Crippen LogP contribution in [0.1, 0.15) is 12.8 Å². The SMILES string of the molecule is O=C(CSC1CCNCC1)N1C[C@@H](O)[C@@H](O)C1. The first kappa shape index (κ1) is 13.1. The molecule has 0 aromatic carbocycles. The summed E-state index contributed by atoms with van der Waals surface area (Å²) in [5.41, 5.74) is 0. The minimum absolute atomic E-state index is 0.0316. The van der Waals surface area contributed by atoms with E-state index in [-0.39, 0.29) is 19.0 Å². The third-order valence-corrected chi connectivity index (χ3v) is 4.70. The van der Waals surface area contributed by atoms with Crippen molar-refractivity contribution in [2.75, 3.05) is 31.9 Å². The summed E-state index contributed by atoms with van der Waals surface area (Å²) in [7, 11) is 0. The molecule has 2 saturated heterocycles. The second-order valence-electron chi connectivity index (χ2n) is 4.69. The smallest absolute Gasteiger partial charge is 0.232 e. The van der Waals surface area contributed by atoms with Gasteiger partial charge in [0.05, 0.1) is 18.0 Å². The number of hydrogen-bond acceptors (Lipinski definition) is 5. The van der Waals surface area contributed by atoms with E-state index < -0.39 is 12.2 Å². The summed E-state index contributed by atoms with van der Waals surface area (Å²) in [5, 5.41) is 22.6. The van der Waals surface area contributed by atoms with Gasteiger partial charge in [0.2, 0.25) is 5.91 Å². The number of carbonyl (C=O) groups excluding carboxylic acids is 1. The topological polar surface area (TPSA) is 72.8 Å². The summed E-state index contributed by atoms with van der Waals surface area (Å²) >= 11 is 1.70. The van der Waals surface area contributed by atoms with Crippen LogP contribution in [0.3, 0.4) is 0 Å². The third kappa shape index (κ3) is 3.58. The van der Waals surface area contributed by atoms with E-state index in [1.165, 1.54) is 0 Å². The molecule has 2 atom stereocenters. The summed E-state index contributed by atoms with van der Waals surface area (Å²) in [4.78, 5) is 13.4. The lowest BCUT2D eigenvalue weighted by Crippen LogP contribution is -2.33. The Kier molecular flexibility index (Phi) is 4.67. The van der Waals surface area contributed by atoms with Crippen molar-refractivity contribution >= 4 is 17.7 Å².